The summed E-state index contributed by atoms with van der Waals surface area (Å²) in [5.74, 6) is 2.84. The quantitative estimate of drug-likeness (QED) is 0.243. The monoisotopic (exact) mass is 501 g/mol. The zero-order valence-electron chi connectivity index (χ0n) is 17.4. The Hall–Kier alpha value is -1.09. The normalized spacial score (nSPS) is 17.2. The van der Waals surface area contributed by atoms with Gasteiger partial charge in [-0.3, -0.25) is 0 Å². The van der Waals surface area contributed by atoms with Crippen molar-refractivity contribution in [2.45, 2.75) is 45.6 Å². The molecule has 2 aliphatic rings. The molecule has 1 aromatic rings. The molecule has 1 aromatic heterocycles. The van der Waals surface area contributed by atoms with E-state index in [9.17, 15) is 0 Å². The number of likely N-dealkylation sites (N-methyl/N-ethyl adjacent to an activating group) is 1. The number of piperidine rings is 1. The van der Waals surface area contributed by atoms with Crippen LogP contribution in [-0.2, 0) is 11.3 Å². The average Bonchev–Trinajstić information content (AvgIpc) is 3.53. The molecule has 2 heterocycles. The van der Waals surface area contributed by atoms with Crippen LogP contribution >= 0.6 is 24.0 Å². The highest BCUT2D eigenvalue weighted by atomic mass is 127. The number of guanidine groups is 1. The van der Waals surface area contributed by atoms with Gasteiger partial charge in [-0.2, -0.15) is 0 Å². The van der Waals surface area contributed by atoms with Crippen LogP contribution in [-0.4, -0.2) is 62.3 Å². The number of hydrogen-bond donors (Lipinski definition) is 1. The van der Waals surface area contributed by atoms with Gasteiger partial charge in [0.1, 0.15) is 5.82 Å². The smallest absolute Gasteiger partial charge is 0.194 e. The number of pyridine rings is 1. The molecule has 1 N–H and O–H groups in total. The third-order valence-corrected chi connectivity index (χ3v) is 5.22. The molecule has 0 amide bonds. The van der Waals surface area contributed by atoms with E-state index in [1.807, 2.05) is 6.20 Å². The van der Waals surface area contributed by atoms with Gasteiger partial charge >= 0.3 is 0 Å². The zero-order chi connectivity index (χ0) is 18.9. The van der Waals surface area contributed by atoms with Gasteiger partial charge in [0, 0.05) is 46.0 Å². The van der Waals surface area contributed by atoms with E-state index >= 15 is 0 Å². The molecule has 0 unspecified atom stereocenters. The van der Waals surface area contributed by atoms with Gasteiger partial charge in [0.15, 0.2) is 5.96 Å². The minimum atomic E-state index is 0. The van der Waals surface area contributed by atoms with Crippen molar-refractivity contribution in [3.05, 3.63) is 23.9 Å². The van der Waals surface area contributed by atoms with E-state index in [0.717, 1.165) is 57.1 Å². The van der Waals surface area contributed by atoms with Crippen molar-refractivity contribution in [3.63, 3.8) is 0 Å². The third-order valence-electron chi connectivity index (χ3n) is 5.22. The van der Waals surface area contributed by atoms with Crippen molar-refractivity contribution >= 4 is 35.8 Å². The van der Waals surface area contributed by atoms with Gasteiger partial charge in [-0.25, -0.2) is 9.98 Å². The van der Waals surface area contributed by atoms with Gasteiger partial charge in [-0.1, -0.05) is 0 Å². The third kappa shape index (κ3) is 7.73. The van der Waals surface area contributed by atoms with Crippen LogP contribution in [0.2, 0.25) is 0 Å². The summed E-state index contributed by atoms with van der Waals surface area (Å²) in [7, 11) is 2.08. The van der Waals surface area contributed by atoms with Crippen LogP contribution in [0.1, 0.15) is 44.6 Å². The lowest BCUT2D eigenvalue weighted by molar-refractivity contribution is 0.115. The molecular formula is C21H36IN5O. The Kier molecular flexibility index (Phi) is 10.3. The van der Waals surface area contributed by atoms with Crippen molar-refractivity contribution in [2.75, 3.05) is 51.3 Å². The van der Waals surface area contributed by atoms with Crippen LogP contribution in [0.25, 0.3) is 0 Å². The number of ether oxygens (including phenoxy) is 1. The highest BCUT2D eigenvalue weighted by Gasteiger charge is 2.21. The minimum absolute atomic E-state index is 0. The van der Waals surface area contributed by atoms with Gasteiger partial charge in [0.25, 0.3) is 0 Å². The Morgan fingerprint density at radius 1 is 1.32 bits per heavy atom. The molecule has 0 bridgehead atoms. The molecule has 7 heteroatoms. The number of hydrogen-bond acceptors (Lipinski definition) is 4. The van der Waals surface area contributed by atoms with Crippen molar-refractivity contribution in [2.24, 2.45) is 10.9 Å². The maximum absolute atomic E-state index is 5.76. The molecule has 0 spiro atoms. The lowest BCUT2D eigenvalue weighted by Crippen LogP contribution is -2.40. The zero-order valence-corrected chi connectivity index (χ0v) is 19.7. The van der Waals surface area contributed by atoms with Crippen LogP contribution < -0.4 is 10.2 Å². The van der Waals surface area contributed by atoms with E-state index in [2.05, 4.69) is 46.2 Å². The number of nitrogens with one attached hydrogen (secondary N) is 1. The molecule has 1 aliphatic carbocycles. The predicted octanol–water partition coefficient (Wildman–Crippen LogP) is 3.51. The van der Waals surface area contributed by atoms with Gasteiger partial charge in [0.05, 0.1) is 13.2 Å². The average molecular weight is 501 g/mol. The SMILES string of the molecule is CCNC(=NCc1ccnc(N2CCCCC2)c1)N(C)CCOCC1CC1.I. The molecule has 1 saturated carbocycles. The Labute approximate surface area is 187 Å². The van der Waals surface area contributed by atoms with E-state index in [-0.39, 0.29) is 24.0 Å². The summed E-state index contributed by atoms with van der Waals surface area (Å²) < 4.78 is 5.76. The van der Waals surface area contributed by atoms with E-state index in [4.69, 9.17) is 9.73 Å². The first-order chi connectivity index (χ1) is 13.3. The van der Waals surface area contributed by atoms with Gasteiger partial charge in [-0.05, 0) is 62.6 Å². The number of rotatable bonds is 9. The Balaban J connectivity index is 0.00000280. The lowest BCUT2D eigenvalue weighted by atomic mass is 10.1. The Morgan fingerprint density at radius 3 is 2.82 bits per heavy atom. The highest BCUT2D eigenvalue weighted by molar-refractivity contribution is 14.0. The van der Waals surface area contributed by atoms with E-state index in [1.165, 1.54) is 37.7 Å². The van der Waals surface area contributed by atoms with Crippen LogP contribution in [0.5, 0.6) is 0 Å². The molecule has 0 atom stereocenters. The van der Waals surface area contributed by atoms with E-state index < -0.39 is 0 Å². The number of halogens is 1. The minimum Gasteiger partial charge on any atom is -0.379 e. The summed E-state index contributed by atoms with van der Waals surface area (Å²) in [6.07, 6.45) is 8.46. The van der Waals surface area contributed by atoms with Crippen LogP contribution in [0.3, 0.4) is 0 Å². The molecule has 1 aliphatic heterocycles. The maximum atomic E-state index is 5.76. The van der Waals surface area contributed by atoms with Crippen molar-refractivity contribution in [1.29, 1.82) is 0 Å². The summed E-state index contributed by atoms with van der Waals surface area (Å²) in [5, 5.41) is 3.39. The van der Waals surface area contributed by atoms with Gasteiger partial charge in [0.2, 0.25) is 0 Å². The van der Waals surface area contributed by atoms with Crippen molar-refractivity contribution in [1.82, 2.24) is 15.2 Å². The topological polar surface area (TPSA) is 53.0 Å². The first-order valence-electron chi connectivity index (χ1n) is 10.5. The lowest BCUT2D eigenvalue weighted by Gasteiger charge is -2.27. The molecule has 6 nitrogen and oxygen atoms in total. The summed E-state index contributed by atoms with van der Waals surface area (Å²) in [5.41, 5.74) is 1.21. The fourth-order valence-electron chi connectivity index (χ4n) is 3.33. The summed E-state index contributed by atoms with van der Waals surface area (Å²) >= 11 is 0. The van der Waals surface area contributed by atoms with Gasteiger partial charge < -0.3 is 19.9 Å². The van der Waals surface area contributed by atoms with Crippen molar-refractivity contribution in [3.8, 4) is 0 Å². The van der Waals surface area contributed by atoms with Crippen molar-refractivity contribution < 1.29 is 4.74 Å². The van der Waals surface area contributed by atoms with E-state index in [1.54, 1.807) is 0 Å². The standard InChI is InChI=1S/C21H35N5O.HI/c1-3-22-21(25(2)13-14-27-17-18-7-8-18)24-16-19-9-10-23-20(15-19)26-11-5-4-6-12-26;/h9-10,15,18H,3-8,11-14,16-17H2,1-2H3,(H,22,24);1H. The predicted molar refractivity (Wildman–Crippen MR) is 127 cm³/mol. The molecule has 0 aromatic carbocycles. The maximum Gasteiger partial charge on any atom is 0.194 e. The Morgan fingerprint density at radius 2 is 2.11 bits per heavy atom. The second-order valence-corrected chi connectivity index (χ2v) is 7.68. The highest BCUT2D eigenvalue weighted by Crippen LogP contribution is 2.28. The number of anilines is 1. The molecule has 3 rings (SSSR count). The summed E-state index contributed by atoms with van der Waals surface area (Å²) in [4.78, 5) is 13.9. The molecule has 1 saturated heterocycles. The molecule has 0 radical (unpaired) electrons. The molecular weight excluding hydrogens is 465 g/mol. The first-order valence-corrected chi connectivity index (χ1v) is 10.5. The molecule has 28 heavy (non-hydrogen) atoms. The number of nitrogens with zero attached hydrogens (tertiary/aromatic N) is 4. The summed E-state index contributed by atoms with van der Waals surface area (Å²) in [6.45, 7) is 8.39. The van der Waals surface area contributed by atoms with Crippen LogP contribution in [0, 0.1) is 5.92 Å². The second-order valence-electron chi connectivity index (χ2n) is 7.68. The first kappa shape index (κ1) is 23.2. The van der Waals surface area contributed by atoms with Crippen LogP contribution in [0.15, 0.2) is 23.3 Å². The second kappa shape index (κ2) is 12.5. The largest absolute Gasteiger partial charge is 0.379 e. The fourth-order valence-corrected chi connectivity index (χ4v) is 3.33. The number of aromatic nitrogens is 1. The fraction of sp³-hybridized carbons (Fsp3) is 0.714. The van der Waals surface area contributed by atoms with E-state index in [0.29, 0.717) is 6.54 Å². The van der Waals surface area contributed by atoms with Gasteiger partial charge in [-0.15, -0.1) is 24.0 Å². The molecule has 158 valence electrons. The molecule has 2 fully saturated rings. The number of aliphatic imine (C=N–C) groups is 1. The Bertz CT molecular complexity index is 602. The summed E-state index contributed by atoms with van der Waals surface area (Å²) in [6, 6.07) is 4.26. The van der Waals surface area contributed by atoms with Crippen LogP contribution in [0.4, 0.5) is 5.82 Å².